The molecule has 1 heterocycles. The Labute approximate surface area is 80.9 Å². The molecule has 0 radical (unpaired) electrons. The highest BCUT2D eigenvalue weighted by Crippen LogP contribution is 2.26. The molecule has 1 aliphatic heterocycles. The summed E-state index contributed by atoms with van der Waals surface area (Å²) in [5, 5.41) is 0. The summed E-state index contributed by atoms with van der Waals surface area (Å²) in [5.41, 5.74) is -0.142. The molecule has 4 heteroatoms. The maximum absolute atomic E-state index is 5.61. The van der Waals surface area contributed by atoms with Crippen molar-refractivity contribution < 1.29 is 14.0 Å². The smallest absolute Gasteiger partial charge is 0.384 e. The third kappa shape index (κ3) is 3.67. The van der Waals surface area contributed by atoms with Crippen molar-refractivity contribution in [2.75, 3.05) is 0 Å². The molecule has 1 rings (SSSR count). The lowest BCUT2D eigenvalue weighted by Crippen LogP contribution is -2.48. The molecule has 0 aromatic rings. The van der Waals surface area contributed by atoms with E-state index in [4.69, 9.17) is 14.0 Å². The zero-order valence-corrected chi connectivity index (χ0v) is 9.16. The maximum atomic E-state index is 5.61. The molecular weight excluding hydrogens is 167 g/mol. The summed E-state index contributed by atoms with van der Waals surface area (Å²) in [4.78, 5) is 0. The van der Waals surface area contributed by atoms with E-state index in [1.165, 1.54) is 0 Å². The highest BCUT2D eigenvalue weighted by Gasteiger charge is 2.39. The maximum Gasteiger partial charge on any atom is 0.640 e. The fourth-order valence-electron chi connectivity index (χ4n) is 1.55. The quantitative estimate of drug-likeness (QED) is 0.617. The minimum Gasteiger partial charge on any atom is -0.384 e. The number of hydrogen-bond acceptors (Lipinski definition) is 3. The van der Waals surface area contributed by atoms with E-state index in [1.807, 2.05) is 20.8 Å². The van der Waals surface area contributed by atoms with Crippen molar-refractivity contribution in [3.8, 4) is 0 Å². The van der Waals surface area contributed by atoms with E-state index in [0.29, 0.717) is 0 Å². The van der Waals surface area contributed by atoms with Crippen LogP contribution >= 0.6 is 0 Å². The largest absolute Gasteiger partial charge is 0.640 e. The van der Waals surface area contributed by atoms with E-state index in [9.17, 15) is 0 Å². The summed E-state index contributed by atoms with van der Waals surface area (Å²) in [6.45, 7) is 10.1. The number of hydrogen-bond donors (Lipinski definition) is 0. The normalized spacial score (nSPS) is 28.2. The molecular formula is C9H19BO3. The lowest BCUT2D eigenvalue weighted by molar-refractivity contribution is -0.0755. The van der Waals surface area contributed by atoms with E-state index in [-0.39, 0.29) is 17.8 Å². The lowest BCUT2D eigenvalue weighted by Gasteiger charge is -2.37. The van der Waals surface area contributed by atoms with Crippen molar-refractivity contribution in [2.45, 2.75) is 58.8 Å². The topological polar surface area (TPSA) is 27.7 Å². The molecule has 1 fully saturated rings. The molecule has 1 saturated heterocycles. The van der Waals surface area contributed by atoms with Gasteiger partial charge in [0.05, 0.1) is 5.60 Å². The first kappa shape index (κ1) is 11.0. The minimum absolute atomic E-state index is 0.131. The molecule has 0 aromatic heterocycles. The van der Waals surface area contributed by atoms with Crippen LogP contribution in [0.15, 0.2) is 0 Å². The second-order valence-electron chi connectivity index (χ2n) is 4.50. The van der Waals surface area contributed by atoms with Gasteiger partial charge in [0.1, 0.15) is 0 Å². The zero-order chi connectivity index (χ0) is 10.1. The van der Waals surface area contributed by atoms with Crippen LogP contribution in [-0.4, -0.2) is 25.1 Å². The first-order valence-electron chi connectivity index (χ1n) is 4.88. The first-order valence-corrected chi connectivity index (χ1v) is 4.88. The predicted octanol–water partition coefficient (Wildman–Crippen LogP) is 2.00. The predicted molar refractivity (Wildman–Crippen MR) is 52.3 cm³/mol. The molecule has 0 aromatic carbocycles. The van der Waals surface area contributed by atoms with Gasteiger partial charge in [-0.3, -0.25) is 0 Å². The van der Waals surface area contributed by atoms with Gasteiger partial charge in [-0.1, -0.05) is 0 Å². The van der Waals surface area contributed by atoms with Crippen LogP contribution in [0.25, 0.3) is 0 Å². The van der Waals surface area contributed by atoms with Crippen LogP contribution in [0.4, 0.5) is 0 Å². The molecule has 0 N–H and O–H groups in total. The Kier molecular flexibility index (Phi) is 3.38. The van der Waals surface area contributed by atoms with E-state index in [1.54, 1.807) is 0 Å². The molecule has 13 heavy (non-hydrogen) atoms. The Morgan fingerprint density at radius 2 is 2.08 bits per heavy atom. The first-order chi connectivity index (χ1) is 5.89. The second kappa shape index (κ2) is 3.99. The van der Waals surface area contributed by atoms with Crippen molar-refractivity contribution in [2.24, 2.45) is 0 Å². The Morgan fingerprint density at radius 1 is 1.46 bits per heavy atom. The molecule has 3 nitrogen and oxygen atoms in total. The van der Waals surface area contributed by atoms with Gasteiger partial charge < -0.3 is 14.0 Å². The van der Waals surface area contributed by atoms with Crippen molar-refractivity contribution >= 4 is 7.32 Å². The van der Waals surface area contributed by atoms with Crippen LogP contribution in [0, 0.1) is 0 Å². The molecule has 0 amide bonds. The van der Waals surface area contributed by atoms with Gasteiger partial charge in [-0.05, 0) is 41.0 Å². The van der Waals surface area contributed by atoms with Crippen molar-refractivity contribution in [3.05, 3.63) is 0 Å². The molecule has 1 atom stereocenters. The fraction of sp³-hybridized carbons (Fsp3) is 1.00. The van der Waals surface area contributed by atoms with Gasteiger partial charge >= 0.3 is 7.32 Å². The molecule has 0 saturated carbocycles. The van der Waals surface area contributed by atoms with E-state index in [2.05, 4.69) is 13.8 Å². The van der Waals surface area contributed by atoms with Crippen molar-refractivity contribution in [3.63, 3.8) is 0 Å². The van der Waals surface area contributed by atoms with Gasteiger partial charge in [0.25, 0.3) is 0 Å². The second-order valence-corrected chi connectivity index (χ2v) is 4.50. The standard InChI is InChI=1S/C9H19BO3/c1-7(2)11-10-12-8(3)6-9(4,5)13-10/h7-8H,6H2,1-5H3/t8-/m0/s1. The van der Waals surface area contributed by atoms with Crippen LogP contribution in [0.5, 0.6) is 0 Å². The monoisotopic (exact) mass is 186 g/mol. The van der Waals surface area contributed by atoms with Crippen LogP contribution in [0.1, 0.15) is 41.0 Å². The van der Waals surface area contributed by atoms with E-state index >= 15 is 0 Å². The molecule has 0 aliphatic carbocycles. The average molecular weight is 186 g/mol. The van der Waals surface area contributed by atoms with Crippen molar-refractivity contribution in [1.29, 1.82) is 0 Å². The molecule has 1 aliphatic rings. The minimum atomic E-state index is -0.501. The summed E-state index contributed by atoms with van der Waals surface area (Å²) >= 11 is 0. The average Bonchev–Trinajstić information content (AvgIpc) is 1.78. The van der Waals surface area contributed by atoms with Gasteiger partial charge in [-0.2, -0.15) is 0 Å². The Bertz CT molecular complexity index is 168. The van der Waals surface area contributed by atoms with Gasteiger partial charge in [0, 0.05) is 12.2 Å². The highest BCUT2D eigenvalue weighted by atomic mass is 16.8. The zero-order valence-electron chi connectivity index (χ0n) is 9.16. The van der Waals surface area contributed by atoms with Crippen molar-refractivity contribution in [1.82, 2.24) is 0 Å². The lowest BCUT2D eigenvalue weighted by atomic mass is 9.95. The summed E-state index contributed by atoms with van der Waals surface area (Å²) in [5.74, 6) is 0. The summed E-state index contributed by atoms with van der Waals surface area (Å²) in [6, 6.07) is 0. The Balaban J connectivity index is 2.48. The third-order valence-electron chi connectivity index (χ3n) is 1.92. The third-order valence-corrected chi connectivity index (χ3v) is 1.92. The summed E-state index contributed by atoms with van der Waals surface area (Å²) < 4.78 is 16.6. The summed E-state index contributed by atoms with van der Waals surface area (Å²) in [6.07, 6.45) is 1.24. The molecule has 0 spiro atoms. The molecule has 76 valence electrons. The highest BCUT2D eigenvalue weighted by molar-refractivity contribution is 6.36. The Morgan fingerprint density at radius 3 is 2.54 bits per heavy atom. The van der Waals surface area contributed by atoms with Crippen LogP contribution < -0.4 is 0 Å². The van der Waals surface area contributed by atoms with Gasteiger partial charge in [-0.25, -0.2) is 0 Å². The number of rotatable bonds is 2. The van der Waals surface area contributed by atoms with E-state index in [0.717, 1.165) is 6.42 Å². The van der Waals surface area contributed by atoms with Crippen LogP contribution in [-0.2, 0) is 14.0 Å². The van der Waals surface area contributed by atoms with E-state index < -0.39 is 7.32 Å². The Hall–Kier alpha value is -0.0551. The molecule has 0 bridgehead atoms. The fourth-order valence-corrected chi connectivity index (χ4v) is 1.55. The van der Waals surface area contributed by atoms with Crippen LogP contribution in [0.2, 0.25) is 0 Å². The van der Waals surface area contributed by atoms with Gasteiger partial charge in [0.2, 0.25) is 0 Å². The van der Waals surface area contributed by atoms with Gasteiger partial charge in [-0.15, -0.1) is 0 Å². The SMILES string of the molecule is CC(C)OB1O[C@@H](C)CC(C)(C)O1. The van der Waals surface area contributed by atoms with Gasteiger partial charge in [0.15, 0.2) is 0 Å². The summed E-state index contributed by atoms with van der Waals surface area (Å²) in [7, 11) is -0.501. The molecule has 0 unspecified atom stereocenters. The van der Waals surface area contributed by atoms with Crippen LogP contribution in [0.3, 0.4) is 0 Å².